The van der Waals surface area contributed by atoms with Gasteiger partial charge >= 0.3 is 0 Å². The minimum atomic E-state index is -0.325. The van der Waals surface area contributed by atoms with E-state index in [1.54, 1.807) is 32.2 Å². The molecule has 1 heterocycles. The number of aryl methyl sites for hydroxylation is 1. The fraction of sp³-hybridized carbons (Fsp3) is 0.231. The smallest absolute Gasteiger partial charge is 0.252 e. The van der Waals surface area contributed by atoms with Crippen LogP contribution in [0, 0.1) is 6.92 Å². The van der Waals surface area contributed by atoms with Crippen LogP contribution in [0.1, 0.15) is 35.0 Å². The standard InChI is InChI=1S/C13H14N2O3/c1-8-7-14-13(18-8)9(2)15-12(17)10-4-3-5-11(16)6-10/h3-7,9,16H,1-2H3,(H,15,17). The van der Waals surface area contributed by atoms with Gasteiger partial charge in [-0.2, -0.15) is 0 Å². The SMILES string of the molecule is Cc1cnc(C(C)NC(=O)c2cccc(O)c2)o1. The average molecular weight is 246 g/mol. The summed E-state index contributed by atoms with van der Waals surface area (Å²) in [5.41, 5.74) is 0.394. The molecule has 1 amide bonds. The number of amides is 1. The molecule has 18 heavy (non-hydrogen) atoms. The number of rotatable bonds is 3. The van der Waals surface area contributed by atoms with Crippen LogP contribution in [0.3, 0.4) is 0 Å². The van der Waals surface area contributed by atoms with E-state index in [1.165, 1.54) is 12.1 Å². The number of phenolic OH excluding ortho intramolecular Hbond substituents is 1. The van der Waals surface area contributed by atoms with Gasteiger partial charge in [-0.1, -0.05) is 6.07 Å². The summed E-state index contributed by atoms with van der Waals surface area (Å²) < 4.78 is 5.33. The Labute approximate surface area is 104 Å². The summed E-state index contributed by atoms with van der Waals surface area (Å²) in [7, 11) is 0. The van der Waals surface area contributed by atoms with Gasteiger partial charge in [-0.05, 0) is 32.0 Å². The summed E-state index contributed by atoms with van der Waals surface area (Å²) in [6.07, 6.45) is 1.60. The first kappa shape index (κ1) is 12.2. The lowest BCUT2D eigenvalue weighted by molar-refractivity contribution is 0.0933. The Kier molecular flexibility index (Phi) is 3.32. The van der Waals surface area contributed by atoms with Crippen molar-refractivity contribution in [1.29, 1.82) is 0 Å². The molecule has 0 aliphatic rings. The molecular weight excluding hydrogens is 232 g/mol. The van der Waals surface area contributed by atoms with E-state index in [4.69, 9.17) is 4.42 Å². The van der Waals surface area contributed by atoms with Crippen molar-refractivity contribution in [2.45, 2.75) is 19.9 Å². The molecule has 1 aromatic heterocycles. The molecule has 2 N–H and O–H groups in total. The number of phenols is 1. The molecule has 0 radical (unpaired) electrons. The van der Waals surface area contributed by atoms with Gasteiger partial charge in [0.25, 0.3) is 5.91 Å². The zero-order valence-corrected chi connectivity index (χ0v) is 10.2. The van der Waals surface area contributed by atoms with Crippen LogP contribution in [-0.4, -0.2) is 16.0 Å². The van der Waals surface area contributed by atoms with Gasteiger partial charge in [-0.25, -0.2) is 4.98 Å². The van der Waals surface area contributed by atoms with Gasteiger partial charge in [0.1, 0.15) is 17.6 Å². The second kappa shape index (κ2) is 4.91. The predicted molar refractivity (Wildman–Crippen MR) is 65.2 cm³/mol. The van der Waals surface area contributed by atoms with Gasteiger partial charge < -0.3 is 14.8 Å². The number of aromatic hydroxyl groups is 1. The maximum atomic E-state index is 11.9. The fourth-order valence-corrected chi connectivity index (χ4v) is 1.56. The van der Waals surface area contributed by atoms with Crippen LogP contribution < -0.4 is 5.32 Å². The Morgan fingerprint density at radius 1 is 1.50 bits per heavy atom. The molecule has 94 valence electrons. The highest BCUT2D eigenvalue weighted by Crippen LogP contribution is 2.15. The number of hydrogen-bond donors (Lipinski definition) is 2. The van der Waals surface area contributed by atoms with E-state index in [2.05, 4.69) is 10.3 Å². The molecule has 0 fully saturated rings. The molecule has 0 spiro atoms. The molecule has 2 rings (SSSR count). The van der Waals surface area contributed by atoms with Gasteiger partial charge in [0, 0.05) is 5.56 Å². The Balaban J connectivity index is 2.08. The number of oxazole rings is 1. The second-order valence-corrected chi connectivity index (χ2v) is 4.05. The van der Waals surface area contributed by atoms with Crippen LogP contribution in [0.5, 0.6) is 5.75 Å². The van der Waals surface area contributed by atoms with Crippen molar-refractivity contribution in [1.82, 2.24) is 10.3 Å². The molecule has 0 aliphatic heterocycles. The number of carbonyl (C=O) groups is 1. The zero-order valence-electron chi connectivity index (χ0n) is 10.2. The maximum Gasteiger partial charge on any atom is 0.252 e. The van der Waals surface area contributed by atoms with Crippen molar-refractivity contribution in [3.05, 3.63) is 47.7 Å². The van der Waals surface area contributed by atoms with Crippen molar-refractivity contribution in [3.8, 4) is 5.75 Å². The summed E-state index contributed by atoms with van der Waals surface area (Å²) in [5.74, 6) is 0.931. The van der Waals surface area contributed by atoms with Gasteiger partial charge in [-0.3, -0.25) is 4.79 Å². The largest absolute Gasteiger partial charge is 0.508 e. The molecule has 5 nitrogen and oxygen atoms in total. The molecule has 1 atom stereocenters. The minimum Gasteiger partial charge on any atom is -0.508 e. The highest BCUT2D eigenvalue weighted by molar-refractivity contribution is 5.94. The first-order valence-corrected chi connectivity index (χ1v) is 5.58. The third-order valence-electron chi connectivity index (χ3n) is 2.47. The number of hydrogen-bond acceptors (Lipinski definition) is 4. The third kappa shape index (κ3) is 2.68. The van der Waals surface area contributed by atoms with Crippen LogP contribution in [-0.2, 0) is 0 Å². The monoisotopic (exact) mass is 246 g/mol. The average Bonchev–Trinajstić information content (AvgIpc) is 2.76. The summed E-state index contributed by atoms with van der Waals surface area (Å²) in [4.78, 5) is 15.9. The van der Waals surface area contributed by atoms with Gasteiger partial charge in [0.2, 0.25) is 5.89 Å². The van der Waals surface area contributed by atoms with Gasteiger partial charge in [0.15, 0.2) is 0 Å². The molecule has 0 saturated carbocycles. The van der Waals surface area contributed by atoms with Crippen molar-refractivity contribution < 1.29 is 14.3 Å². The molecule has 0 bridgehead atoms. The normalized spacial score (nSPS) is 12.1. The van der Waals surface area contributed by atoms with Crippen LogP contribution >= 0.6 is 0 Å². The van der Waals surface area contributed by atoms with Crippen molar-refractivity contribution >= 4 is 5.91 Å². The zero-order chi connectivity index (χ0) is 13.1. The summed E-state index contributed by atoms with van der Waals surface area (Å²) in [5, 5.41) is 12.1. The molecule has 2 aromatic rings. The lowest BCUT2D eigenvalue weighted by Gasteiger charge is -2.10. The lowest BCUT2D eigenvalue weighted by Crippen LogP contribution is -2.26. The second-order valence-electron chi connectivity index (χ2n) is 4.05. The first-order chi connectivity index (χ1) is 8.56. The highest BCUT2D eigenvalue weighted by atomic mass is 16.4. The summed E-state index contributed by atoms with van der Waals surface area (Å²) in [6, 6.07) is 5.83. The number of aromatic nitrogens is 1. The Morgan fingerprint density at radius 3 is 2.89 bits per heavy atom. The van der Waals surface area contributed by atoms with E-state index in [1.807, 2.05) is 0 Å². The molecule has 5 heteroatoms. The number of nitrogens with one attached hydrogen (secondary N) is 1. The number of nitrogens with zero attached hydrogens (tertiary/aromatic N) is 1. The topological polar surface area (TPSA) is 75.4 Å². The van der Waals surface area contributed by atoms with Crippen LogP contribution in [0.2, 0.25) is 0 Å². The molecule has 0 saturated heterocycles. The van der Waals surface area contributed by atoms with E-state index in [-0.39, 0.29) is 17.7 Å². The quantitative estimate of drug-likeness (QED) is 0.870. The van der Waals surface area contributed by atoms with Crippen LogP contribution in [0.25, 0.3) is 0 Å². The summed E-state index contributed by atoms with van der Waals surface area (Å²) >= 11 is 0. The van der Waals surface area contributed by atoms with E-state index in [9.17, 15) is 9.90 Å². The van der Waals surface area contributed by atoms with Crippen LogP contribution in [0.4, 0.5) is 0 Å². The molecule has 1 unspecified atom stereocenters. The van der Waals surface area contributed by atoms with Crippen molar-refractivity contribution in [2.24, 2.45) is 0 Å². The van der Waals surface area contributed by atoms with Crippen molar-refractivity contribution in [2.75, 3.05) is 0 Å². The minimum absolute atomic E-state index is 0.0577. The fourth-order valence-electron chi connectivity index (χ4n) is 1.56. The Bertz CT molecular complexity index is 563. The van der Waals surface area contributed by atoms with Crippen LogP contribution in [0.15, 0.2) is 34.9 Å². The number of carbonyl (C=O) groups excluding carboxylic acids is 1. The molecule has 0 aliphatic carbocycles. The van der Waals surface area contributed by atoms with E-state index in [0.29, 0.717) is 17.2 Å². The van der Waals surface area contributed by atoms with E-state index < -0.39 is 0 Å². The predicted octanol–water partition coefficient (Wildman–Crippen LogP) is 2.18. The Hall–Kier alpha value is -2.30. The van der Waals surface area contributed by atoms with Gasteiger partial charge in [0.05, 0.1) is 6.20 Å². The molecular formula is C13H14N2O3. The van der Waals surface area contributed by atoms with E-state index in [0.717, 1.165) is 0 Å². The van der Waals surface area contributed by atoms with Gasteiger partial charge in [-0.15, -0.1) is 0 Å². The highest BCUT2D eigenvalue weighted by Gasteiger charge is 2.15. The Morgan fingerprint density at radius 2 is 2.28 bits per heavy atom. The summed E-state index contributed by atoms with van der Waals surface area (Å²) in [6.45, 7) is 3.58. The van der Waals surface area contributed by atoms with Crippen molar-refractivity contribution in [3.63, 3.8) is 0 Å². The third-order valence-corrected chi connectivity index (χ3v) is 2.47. The first-order valence-electron chi connectivity index (χ1n) is 5.58. The lowest BCUT2D eigenvalue weighted by atomic mass is 10.2. The number of benzene rings is 1. The van der Waals surface area contributed by atoms with E-state index >= 15 is 0 Å². The maximum absolute atomic E-state index is 11.9. The molecule has 1 aromatic carbocycles.